The Morgan fingerprint density at radius 2 is 2.36 bits per heavy atom. The van der Waals surface area contributed by atoms with Gasteiger partial charge in [-0.25, -0.2) is 4.79 Å². The van der Waals surface area contributed by atoms with Crippen LogP contribution in [0.4, 0.5) is 4.79 Å². The van der Waals surface area contributed by atoms with Crippen LogP contribution in [-0.4, -0.2) is 43.8 Å². The quantitative estimate of drug-likeness (QED) is 0.725. The van der Waals surface area contributed by atoms with E-state index in [1.807, 2.05) is 6.92 Å². The Kier molecular flexibility index (Phi) is 4.20. The van der Waals surface area contributed by atoms with Crippen LogP contribution in [0.2, 0.25) is 0 Å². The number of rotatable bonds is 2. The van der Waals surface area contributed by atoms with Gasteiger partial charge in [-0.15, -0.1) is 0 Å². The van der Waals surface area contributed by atoms with Gasteiger partial charge in [0.05, 0.1) is 6.61 Å². The van der Waals surface area contributed by atoms with Crippen LogP contribution in [0.1, 0.15) is 20.3 Å². The maximum absolute atomic E-state index is 11.2. The summed E-state index contributed by atoms with van der Waals surface area (Å²) in [4.78, 5) is 13.5. The minimum atomic E-state index is -0.283. The number of nitrogens with one attached hydrogen (secondary N) is 1. The third-order valence-electron chi connectivity index (χ3n) is 2.69. The summed E-state index contributed by atoms with van der Waals surface area (Å²) in [6.45, 7) is 6.50. The van der Waals surface area contributed by atoms with Crippen molar-refractivity contribution in [3.05, 3.63) is 0 Å². The van der Waals surface area contributed by atoms with Gasteiger partial charge in [0.15, 0.2) is 0 Å². The fraction of sp³-hybridized carbons (Fsp3) is 0.900. The first-order chi connectivity index (χ1) is 6.63. The minimum absolute atomic E-state index is 0.269. The third kappa shape index (κ3) is 3.18. The second kappa shape index (κ2) is 5.20. The number of hydrogen-bond acceptors (Lipinski definition) is 3. The molecule has 1 N–H and O–H groups in total. The summed E-state index contributed by atoms with van der Waals surface area (Å²) in [6.07, 6.45) is 0.727. The number of alkyl carbamates (subject to hydrolysis) is 1. The highest BCUT2D eigenvalue weighted by Gasteiger charge is 2.25. The van der Waals surface area contributed by atoms with E-state index in [0.29, 0.717) is 12.5 Å². The zero-order valence-electron chi connectivity index (χ0n) is 9.25. The van der Waals surface area contributed by atoms with Gasteiger partial charge in [0.1, 0.15) is 0 Å². The highest BCUT2D eigenvalue weighted by Crippen LogP contribution is 2.15. The van der Waals surface area contributed by atoms with E-state index in [1.54, 1.807) is 0 Å². The van der Waals surface area contributed by atoms with Gasteiger partial charge >= 0.3 is 6.09 Å². The van der Waals surface area contributed by atoms with Crippen molar-refractivity contribution in [3.8, 4) is 0 Å². The van der Waals surface area contributed by atoms with Gasteiger partial charge in [0.25, 0.3) is 0 Å². The Balaban J connectivity index is 2.33. The zero-order chi connectivity index (χ0) is 10.6. The lowest BCUT2D eigenvalue weighted by atomic mass is 9.94. The van der Waals surface area contributed by atoms with E-state index in [-0.39, 0.29) is 12.1 Å². The monoisotopic (exact) mass is 200 g/mol. The van der Waals surface area contributed by atoms with Crippen LogP contribution in [0.3, 0.4) is 0 Å². The predicted molar refractivity (Wildman–Crippen MR) is 55.2 cm³/mol. The van der Waals surface area contributed by atoms with Crippen LogP contribution < -0.4 is 5.32 Å². The van der Waals surface area contributed by atoms with Crippen molar-refractivity contribution in [2.24, 2.45) is 5.92 Å². The molecule has 0 aromatic carbocycles. The first kappa shape index (κ1) is 11.3. The Morgan fingerprint density at radius 1 is 1.64 bits per heavy atom. The molecule has 0 aliphatic carbocycles. The molecule has 1 fully saturated rings. The second-order valence-corrected chi connectivity index (χ2v) is 4.00. The molecular weight excluding hydrogens is 180 g/mol. The molecule has 0 saturated carbocycles. The molecule has 4 nitrogen and oxygen atoms in total. The number of carbonyl (C=O) groups excluding carboxylic acids is 1. The number of hydrogen-bond donors (Lipinski definition) is 1. The smallest absolute Gasteiger partial charge is 0.407 e. The van der Waals surface area contributed by atoms with Gasteiger partial charge in [0, 0.05) is 12.6 Å². The largest absolute Gasteiger partial charge is 0.450 e. The van der Waals surface area contributed by atoms with Crippen molar-refractivity contribution in [3.63, 3.8) is 0 Å². The molecule has 1 amide bonds. The first-order valence-corrected chi connectivity index (χ1v) is 5.25. The summed E-state index contributed by atoms with van der Waals surface area (Å²) in [5, 5.41) is 2.90. The van der Waals surface area contributed by atoms with Crippen molar-refractivity contribution < 1.29 is 9.53 Å². The van der Waals surface area contributed by atoms with Crippen molar-refractivity contribution in [2.45, 2.75) is 26.3 Å². The molecule has 0 radical (unpaired) electrons. The maximum atomic E-state index is 11.2. The van der Waals surface area contributed by atoms with E-state index < -0.39 is 0 Å². The molecule has 82 valence electrons. The minimum Gasteiger partial charge on any atom is -0.450 e. The number of likely N-dealkylation sites (tertiary alicyclic amines) is 1. The molecule has 0 spiro atoms. The third-order valence-corrected chi connectivity index (χ3v) is 2.69. The molecule has 0 aromatic rings. The lowest BCUT2D eigenvalue weighted by Crippen LogP contribution is -2.49. The molecule has 1 aliphatic rings. The van der Waals surface area contributed by atoms with Gasteiger partial charge in [0.2, 0.25) is 0 Å². The SMILES string of the molecule is CCOC(=O)NC1CCN(C)CC1C. The summed E-state index contributed by atoms with van der Waals surface area (Å²) in [6, 6.07) is 0.269. The van der Waals surface area contributed by atoms with Crippen LogP contribution in [0.15, 0.2) is 0 Å². The molecule has 14 heavy (non-hydrogen) atoms. The van der Waals surface area contributed by atoms with E-state index >= 15 is 0 Å². The lowest BCUT2D eigenvalue weighted by Gasteiger charge is -2.34. The van der Waals surface area contributed by atoms with Gasteiger partial charge in [-0.05, 0) is 32.9 Å². The van der Waals surface area contributed by atoms with Gasteiger partial charge < -0.3 is 15.0 Å². The average Bonchev–Trinajstić information content (AvgIpc) is 2.10. The van der Waals surface area contributed by atoms with Crippen molar-refractivity contribution in [1.29, 1.82) is 0 Å². The number of piperidine rings is 1. The zero-order valence-corrected chi connectivity index (χ0v) is 9.25. The Morgan fingerprint density at radius 3 is 2.93 bits per heavy atom. The molecular formula is C10H20N2O2. The summed E-state index contributed by atoms with van der Waals surface area (Å²) < 4.78 is 4.86. The molecule has 4 heteroatoms. The standard InChI is InChI=1S/C10H20N2O2/c1-4-14-10(13)11-9-5-6-12(3)7-8(9)2/h8-9H,4-7H2,1-3H3,(H,11,13). The van der Waals surface area contributed by atoms with E-state index in [1.165, 1.54) is 0 Å². The van der Waals surface area contributed by atoms with Crippen LogP contribution in [0.25, 0.3) is 0 Å². The normalized spacial score (nSPS) is 28.5. The maximum Gasteiger partial charge on any atom is 0.407 e. The number of ether oxygens (including phenoxy) is 1. The summed E-state index contributed by atoms with van der Waals surface area (Å²) >= 11 is 0. The number of nitrogens with zero attached hydrogens (tertiary/aromatic N) is 1. The van der Waals surface area contributed by atoms with Gasteiger partial charge in [-0.2, -0.15) is 0 Å². The van der Waals surface area contributed by atoms with Crippen molar-refractivity contribution >= 4 is 6.09 Å². The van der Waals surface area contributed by atoms with E-state index in [9.17, 15) is 4.79 Å². The summed E-state index contributed by atoms with van der Waals surface area (Å²) in [7, 11) is 2.11. The highest BCUT2D eigenvalue weighted by molar-refractivity contribution is 5.67. The second-order valence-electron chi connectivity index (χ2n) is 4.00. The summed E-state index contributed by atoms with van der Waals surface area (Å²) in [5.41, 5.74) is 0. The molecule has 0 aromatic heterocycles. The van der Waals surface area contributed by atoms with E-state index in [4.69, 9.17) is 4.74 Å². The predicted octanol–water partition coefficient (Wildman–Crippen LogP) is 1.07. The Bertz CT molecular complexity index is 197. The fourth-order valence-corrected chi connectivity index (χ4v) is 1.89. The first-order valence-electron chi connectivity index (χ1n) is 5.25. The topological polar surface area (TPSA) is 41.6 Å². The van der Waals surface area contributed by atoms with Crippen LogP contribution in [0, 0.1) is 5.92 Å². The van der Waals surface area contributed by atoms with Crippen molar-refractivity contribution in [1.82, 2.24) is 10.2 Å². The molecule has 1 aliphatic heterocycles. The molecule has 1 rings (SSSR count). The average molecular weight is 200 g/mol. The van der Waals surface area contributed by atoms with Gasteiger partial charge in [-0.1, -0.05) is 6.92 Å². The molecule has 0 bridgehead atoms. The number of carbonyl (C=O) groups is 1. The van der Waals surface area contributed by atoms with Crippen molar-refractivity contribution in [2.75, 3.05) is 26.7 Å². The van der Waals surface area contributed by atoms with Crippen LogP contribution in [0.5, 0.6) is 0 Å². The molecule has 1 heterocycles. The van der Waals surface area contributed by atoms with Gasteiger partial charge in [-0.3, -0.25) is 0 Å². The lowest BCUT2D eigenvalue weighted by molar-refractivity contribution is 0.127. The van der Waals surface area contributed by atoms with E-state index in [2.05, 4.69) is 24.2 Å². The fourth-order valence-electron chi connectivity index (χ4n) is 1.89. The summed E-state index contributed by atoms with van der Waals surface area (Å²) in [5.74, 6) is 0.498. The molecule has 1 saturated heterocycles. The Hall–Kier alpha value is -0.770. The van der Waals surface area contributed by atoms with E-state index in [0.717, 1.165) is 19.5 Å². The van der Waals surface area contributed by atoms with Crippen LogP contribution >= 0.6 is 0 Å². The molecule has 2 atom stereocenters. The Labute approximate surface area is 85.6 Å². The number of amides is 1. The highest BCUT2D eigenvalue weighted by atomic mass is 16.5. The molecule has 2 unspecified atom stereocenters. The van der Waals surface area contributed by atoms with Crippen LogP contribution in [-0.2, 0) is 4.74 Å².